The molecule has 0 atom stereocenters. The Bertz CT molecular complexity index is 1180. The van der Waals surface area contributed by atoms with Gasteiger partial charge < -0.3 is 15.2 Å². The van der Waals surface area contributed by atoms with Gasteiger partial charge in [0.1, 0.15) is 10.8 Å². The Morgan fingerprint density at radius 2 is 1.75 bits per heavy atom. The van der Waals surface area contributed by atoms with Gasteiger partial charge in [-0.2, -0.15) is 5.10 Å². The van der Waals surface area contributed by atoms with Crippen molar-refractivity contribution in [1.82, 2.24) is 25.0 Å². The summed E-state index contributed by atoms with van der Waals surface area (Å²) in [5, 5.41) is 12.5. The summed E-state index contributed by atoms with van der Waals surface area (Å²) in [5.41, 5.74) is 1.48. The lowest BCUT2D eigenvalue weighted by Crippen LogP contribution is -2.52. The number of carbonyl (C=O) groups is 1. The highest BCUT2D eigenvalue weighted by Gasteiger charge is 2.38. The van der Waals surface area contributed by atoms with E-state index in [1.807, 2.05) is 6.07 Å². The first-order valence-corrected chi connectivity index (χ1v) is 11.8. The zero-order chi connectivity index (χ0) is 23.2. The standard InChI is InChI=1S/C21H20Cl5N5O/c1-30-18(16(25)15(19(30)26)17-14(24)10-28-31(17)2)20(32)29-21(5-7-27-8-6-21)11-3-4-12(22)13(23)9-11/h3-4,9-10,27H,5-8H2,1-2H3,(H,29,32). The van der Waals surface area contributed by atoms with Crippen molar-refractivity contribution in [2.45, 2.75) is 18.4 Å². The fourth-order valence-electron chi connectivity index (χ4n) is 4.18. The monoisotopic (exact) mass is 533 g/mol. The van der Waals surface area contributed by atoms with Crippen molar-refractivity contribution in [3.8, 4) is 11.3 Å². The van der Waals surface area contributed by atoms with E-state index < -0.39 is 5.54 Å². The highest BCUT2D eigenvalue weighted by Crippen LogP contribution is 2.42. The van der Waals surface area contributed by atoms with Crippen molar-refractivity contribution in [1.29, 1.82) is 0 Å². The molecule has 1 fully saturated rings. The summed E-state index contributed by atoms with van der Waals surface area (Å²) in [5.74, 6) is -0.350. The third-order valence-electron chi connectivity index (χ3n) is 5.89. The summed E-state index contributed by atoms with van der Waals surface area (Å²) < 4.78 is 3.13. The second-order valence-electron chi connectivity index (χ2n) is 7.77. The summed E-state index contributed by atoms with van der Waals surface area (Å²) >= 11 is 32.0. The maximum absolute atomic E-state index is 13.6. The largest absolute Gasteiger partial charge is 0.341 e. The van der Waals surface area contributed by atoms with E-state index in [0.717, 1.165) is 18.7 Å². The lowest BCUT2D eigenvalue weighted by Gasteiger charge is -2.39. The van der Waals surface area contributed by atoms with Gasteiger partial charge in [0.15, 0.2) is 0 Å². The van der Waals surface area contributed by atoms with Gasteiger partial charge in [-0.15, -0.1) is 0 Å². The number of benzene rings is 1. The van der Waals surface area contributed by atoms with Gasteiger partial charge >= 0.3 is 0 Å². The quantitative estimate of drug-likeness (QED) is 0.451. The lowest BCUT2D eigenvalue weighted by molar-refractivity contribution is 0.0864. The summed E-state index contributed by atoms with van der Waals surface area (Å²) in [4.78, 5) is 13.6. The van der Waals surface area contributed by atoms with Crippen LogP contribution in [0.15, 0.2) is 24.4 Å². The van der Waals surface area contributed by atoms with Crippen molar-refractivity contribution in [3.05, 3.63) is 60.9 Å². The molecule has 2 aromatic heterocycles. The SMILES string of the molecule is Cn1ncc(Cl)c1-c1c(Cl)c(C(=O)NC2(c3ccc(Cl)c(Cl)c3)CCNCC2)n(C)c1Cl. The fraction of sp³-hybridized carbons (Fsp3) is 0.333. The Hall–Kier alpha value is -1.41. The van der Waals surface area contributed by atoms with E-state index >= 15 is 0 Å². The Morgan fingerprint density at radius 3 is 2.34 bits per heavy atom. The molecule has 11 heteroatoms. The molecule has 0 aliphatic carbocycles. The van der Waals surface area contributed by atoms with Crippen molar-refractivity contribution in [2.24, 2.45) is 14.1 Å². The van der Waals surface area contributed by atoms with Gasteiger partial charge in [-0.05, 0) is 43.6 Å². The Balaban J connectivity index is 1.77. The van der Waals surface area contributed by atoms with Crippen LogP contribution in [-0.4, -0.2) is 33.3 Å². The van der Waals surface area contributed by atoms with E-state index in [4.69, 9.17) is 58.0 Å². The number of hydrogen-bond acceptors (Lipinski definition) is 3. The summed E-state index contributed by atoms with van der Waals surface area (Å²) in [6, 6.07) is 5.43. The molecule has 3 heterocycles. The molecule has 0 spiro atoms. The van der Waals surface area contributed by atoms with Gasteiger partial charge in [-0.1, -0.05) is 64.1 Å². The van der Waals surface area contributed by atoms with Gasteiger partial charge in [-0.3, -0.25) is 9.48 Å². The zero-order valence-corrected chi connectivity index (χ0v) is 21.1. The number of amides is 1. The number of aryl methyl sites for hydroxylation is 1. The maximum atomic E-state index is 13.6. The number of hydrogen-bond donors (Lipinski definition) is 2. The van der Waals surface area contributed by atoms with Crippen LogP contribution < -0.4 is 10.6 Å². The number of aromatic nitrogens is 3. The molecule has 1 saturated heterocycles. The molecule has 0 unspecified atom stereocenters. The van der Waals surface area contributed by atoms with E-state index in [1.54, 1.807) is 35.5 Å². The first-order chi connectivity index (χ1) is 15.2. The average Bonchev–Trinajstić information content (AvgIpc) is 3.19. The minimum atomic E-state index is -0.638. The second kappa shape index (κ2) is 9.09. The zero-order valence-electron chi connectivity index (χ0n) is 17.3. The van der Waals surface area contributed by atoms with Gasteiger partial charge in [-0.25, -0.2) is 0 Å². The molecule has 1 aliphatic heterocycles. The first-order valence-electron chi connectivity index (χ1n) is 9.86. The van der Waals surface area contributed by atoms with Crippen LogP contribution in [0.25, 0.3) is 11.3 Å². The highest BCUT2D eigenvalue weighted by atomic mass is 35.5. The molecule has 1 aliphatic rings. The Labute approximate surface area is 210 Å². The molecule has 1 amide bonds. The summed E-state index contributed by atoms with van der Waals surface area (Å²) in [7, 11) is 3.42. The minimum absolute atomic E-state index is 0.207. The molecule has 1 aromatic carbocycles. The average molecular weight is 536 g/mol. The Kier molecular flexibility index (Phi) is 6.74. The topological polar surface area (TPSA) is 63.9 Å². The molecule has 6 nitrogen and oxygen atoms in total. The maximum Gasteiger partial charge on any atom is 0.270 e. The molecular formula is C21H20Cl5N5O. The van der Waals surface area contributed by atoms with Crippen molar-refractivity contribution in [3.63, 3.8) is 0 Å². The van der Waals surface area contributed by atoms with Crippen LogP contribution in [0.2, 0.25) is 25.2 Å². The van der Waals surface area contributed by atoms with Gasteiger partial charge in [0.25, 0.3) is 5.91 Å². The molecule has 2 N–H and O–H groups in total. The van der Waals surface area contributed by atoms with Gasteiger partial charge in [0.2, 0.25) is 0 Å². The van der Waals surface area contributed by atoms with Crippen LogP contribution in [0.4, 0.5) is 0 Å². The van der Waals surface area contributed by atoms with Crippen LogP contribution in [0.3, 0.4) is 0 Å². The third-order valence-corrected chi connectivity index (χ3v) is 7.72. The molecule has 32 heavy (non-hydrogen) atoms. The van der Waals surface area contributed by atoms with Gasteiger partial charge in [0.05, 0.1) is 43.1 Å². The number of rotatable bonds is 4. The predicted octanol–water partition coefficient (Wildman–Crippen LogP) is 5.70. The molecule has 4 rings (SSSR count). The molecule has 0 radical (unpaired) electrons. The van der Waals surface area contributed by atoms with Crippen LogP contribution in [-0.2, 0) is 19.6 Å². The van der Waals surface area contributed by atoms with E-state index in [1.165, 1.54) is 6.20 Å². The van der Waals surface area contributed by atoms with Crippen LogP contribution >= 0.6 is 58.0 Å². The van der Waals surface area contributed by atoms with Gasteiger partial charge in [0, 0.05) is 14.1 Å². The minimum Gasteiger partial charge on any atom is -0.341 e. The number of nitrogens with zero attached hydrogens (tertiary/aromatic N) is 3. The summed E-state index contributed by atoms with van der Waals surface area (Å²) in [6.07, 6.45) is 2.85. The number of piperidine rings is 1. The van der Waals surface area contributed by atoms with E-state index in [0.29, 0.717) is 44.3 Å². The third kappa shape index (κ3) is 4.02. The molecule has 3 aromatic rings. The van der Waals surface area contributed by atoms with Crippen LogP contribution in [0.1, 0.15) is 28.9 Å². The fourth-order valence-corrected chi connectivity index (χ4v) is 5.44. The molecule has 0 bridgehead atoms. The second-order valence-corrected chi connectivity index (χ2v) is 9.72. The van der Waals surface area contributed by atoms with Crippen molar-refractivity contribution < 1.29 is 4.79 Å². The van der Waals surface area contributed by atoms with E-state index in [9.17, 15) is 4.79 Å². The predicted molar refractivity (Wildman–Crippen MR) is 130 cm³/mol. The number of nitrogens with one attached hydrogen (secondary N) is 2. The van der Waals surface area contributed by atoms with Crippen LogP contribution in [0, 0.1) is 0 Å². The number of halogens is 5. The number of carbonyl (C=O) groups excluding carboxylic acids is 1. The van der Waals surface area contributed by atoms with Crippen molar-refractivity contribution in [2.75, 3.05) is 13.1 Å². The Morgan fingerprint density at radius 1 is 1.06 bits per heavy atom. The molecular weight excluding hydrogens is 516 g/mol. The summed E-state index contributed by atoms with van der Waals surface area (Å²) in [6.45, 7) is 1.47. The van der Waals surface area contributed by atoms with E-state index in [-0.39, 0.29) is 16.6 Å². The smallest absolute Gasteiger partial charge is 0.270 e. The van der Waals surface area contributed by atoms with Crippen molar-refractivity contribution >= 4 is 63.9 Å². The molecule has 0 saturated carbocycles. The normalized spacial score (nSPS) is 15.7. The first kappa shape index (κ1) is 23.7. The van der Waals surface area contributed by atoms with Crippen LogP contribution in [0.5, 0.6) is 0 Å². The highest BCUT2D eigenvalue weighted by molar-refractivity contribution is 6.43. The lowest BCUT2D eigenvalue weighted by atomic mass is 9.81. The molecule has 170 valence electrons. The van der Waals surface area contributed by atoms with E-state index in [2.05, 4.69) is 15.7 Å².